The molecule has 0 bridgehead atoms. The van der Waals surface area contributed by atoms with E-state index in [1.165, 1.54) is 11.8 Å². The lowest BCUT2D eigenvalue weighted by Gasteiger charge is -2.38. The zero-order valence-corrected chi connectivity index (χ0v) is 22.6. The third-order valence-corrected chi connectivity index (χ3v) is 7.27. The van der Waals surface area contributed by atoms with Crippen LogP contribution >= 0.6 is 11.8 Å². The Labute approximate surface area is 226 Å². The molecule has 5 rings (SSSR count). The first kappa shape index (κ1) is 25.8. The quantitative estimate of drug-likeness (QED) is 0.338. The number of benzene rings is 3. The van der Waals surface area contributed by atoms with Crippen LogP contribution in [-0.4, -0.2) is 58.8 Å². The van der Waals surface area contributed by atoms with E-state index in [1.807, 2.05) is 86.3 Å². The van der Waals surface area contributed by atoms with Crippen molar-refractivity contribution in [1.82, 2.24) is 15.1 Å². The molecule has 0 radical (unpaired) electrons. The third kappa shape index (κ3) is 5.99. The van der Waals surface area contributed by atoms with E-state index in [0.29, 0.717) is 24.2 Å². The summed E-state index contributed by atoms with van der Waals surface area (Å²) in [7, 11) is 0. The van der Waals surface area contributed by atoms with Crippen molar-refractivity contribution < 1.29 is 14.0 Å². The molecule has 0 saturated carbocycles. The molecule has 0 aliphatic carbocycles. The summed E-state index contributed by atoms with van der Waals surface area (Å²) < 4.78 is 5.77. The highest BCUT2D eigenvalue weighted by Gasteiger charge is 2.29. The number of thioether (sulfide) groups is 1. The van der Waals surface area contributed by atoms with Crippen LogP contribution in [0.15, 0.2) is 76.4 Å². The Morgan fingerprint density at radius 3 is 2.34 bits per heavy atom. The molecule has 1 aromatic heterocycles. The van der Waals surface area contributed by atoms with Crippen molar-refractivity contribution in [3.63, 3.8) is 0 Å². The number of carbonyl (C=O) groups excluding carboxylic acids is 2. The molecule has 3 aromatic carbocycles. The number of hydrogen-bond donors (Lipinski definition) is 1. The maximum atomic E-state index is 12.5. The minimum Gasteiger partial charge on any atom is -0.411 e. The number of fused-ring (bicyclic) bond motifs is 1. The van der Waals surface area contributed by atoms with Gasteiger partial charge in [0.25, 0.3) is 5.22 Å². The summed E-state index contributed by atoms with van der Waals surface area (Å²) in [5, 5.41) is 13.7. The Hall–Kier alpha value is -3.85. The van der Waals surface area contributed by atoms with Crippen molar-refractivity contribution >= 4 is 45.7 Å². The fraction of sp³-hybridized carbons (Fsp3) is 0.310. The van der Waals surface area contributed by atoms with E-state index in [1.54, 1.807) is 0 Å². The molecule has 38 heavy (non-hydrogen) atoms. The van der Waals surface area contributed by atoms with Gasteiger partial charge >= 0.3 is 0 Å². The molecule has 0 unspecified atom stereocenters. The summed E-state index contributed by atoms with van der Waals surface area (Å²) in [4.78, 5) is 29.2. The van der Waals surface area contributed by atoms with E-state index in [4.69, 9.17) is 4.42 Å². The van der Waals surface area contributed by atoms with Crippen LogP contribution in [0.5, 0.6) is 0 Å². The number of nitrogens with zero attached hydrogens (tertiary/aromatic N) is 4. The van der Waals surface area contributed by atoms with Gasteiger partial charge in [0, 0.05) is 48.5 Å². The lowest BCUT2D eigenvalue weighted by Crippen LogP contribution is -2.51. The minimum atomic E-state index is -0.358. The Morgan fingerprint density at radius 2 is 1.63 bits per heavy atom. The molecule has 1 aliphatic heterocycles. The van der Waals surface area contributed by atoms with Gasteiger partial charge < -0.3 is 19.5 Å². The van der Waals surface area contributed by atoms with Crippen LogP contribution in [0, 0.1) is 5.41 Å². The Morgan fingerprint density at radius 1 is 0.921 bits per heavy atom. The molecule has 1 saturated heterocycles. The zero-order chi connectivity index (χ0) is 26.7. The molecule has 8 nitrogen and oxygen atoms in total. The van der Waals surface area contributed by atoms with Gasteiger partial charge in [-0.15, -0.1) is 10.2 Å². The van der Waals surface area contributed by atoms with Crippen molar-refractivity contribution in [2.24, 2.45) is 5.41 Å². The van der Waals surface area contributed by atoms with E-state index in [-0.39, 0.29) is 23.0 Å². The Bertz CT molecular complexity index is 1440. The number of piperazine rings is 1. The first-order valence-electron chi connectivity index (χ1n) is 12.7. The molecule has 4 aromatic rings. The van der Waals surface area contributed by atoms with Crippen molar-refractivity contribution in [3.8, 4) is 11.5 Å². The van der Waals surface area contributed by atoms with Crippen LogP contribution in [0.3, 0.4) is 0 Å². The predicted octanol–water partition coefficient (Wildman–Crippen LogP) is 5.32. The number of aromatic nitrogens is 2. The second kappa shape index (κ2) is 10.9. The molecule has 0 spiro atoms. The molecule has 1 fully saturated rings. The van der Waals surface area contributed by atoms with E-state index in [9.17, 15) is 9.59 Å². The maximum Gasteiger partial charge on any atom is 0.277 e. The number of nitrogens with one attached hydrogen (secondary N) is 1. The largest absolute Gasteiger partial charge is 0.411 e. The predicted molar refractivity (Wildman–Crippen MR) is 151 cm³/mol. The van der Waals surface area contributed by atoms with Gasteiger partial charge in [-0.3, -0.25) is 9.59 Å². The van der Waals surface area contributed by atoms with Crippen LogP contribution in [-0.2, 0) is 9.59 Å². The summed E-state index contributed by atoms with van der Waals surface area (Å²) in [6, 6.07) is 21.9. The normalized spacial score (nSPS) is 14.1. The van der Waals surface area contributed by atoms with Gasteiger partial charge in [-0.1, -0.05) is 62.9 Å². The van der Waals surface area contributed by atoms with Crippen LogP contribution in [0.1, 0.15) is 20.8 Å². The fourth-order valence-corrected chi connectivity index (χ4v) is 4.99. The highest BCUT2D eigenvalue weighted by Crippen LogP contribution is 2.27. The molecule has 0 atom stereocenters. The van der Waals surface area contributed by atoms with Crippen molar-refractivity contribution in [3.05, 3.63) is 66.7 Å². The number of anilines is 2. The molecule has 196 valence electrons. The van der Waals surface area contributed by atoms with Crippen molar-refractivity contribution in [2.75, 3.05) is 42.1 Å². The average Bonchev–Trinajstić information content (AvgIpc) is 3.40. The Kier molecular flexibility index (Phi) is 7.37. The zero-order valence-electron chi connectivity index (χ0n) is 21.8. The standard InChI is InChI=1S/C29H31N5O3S/c1-29(2,3)27(36)34-16-14-33(15-17-34)24-12-10-23(11-13-24)30-25(35)19-38-28-32-31-26(37-28)22-9-8-20-6-4-5-7-21(20)18-22/h4-13,18H,14-17,19H2,1-3H3,(H,30,35). The van der Waals surface area contributed by atoms with Crippen LogP contribution in [0.2, 0.25) is 0 Å². The topological polar surface area (TPSA) is 91.6 Å². The molecule has 2 amide bonds. The summed E-state index contributed by atoms with van der Waals surface area (Å²) in [5.74, 6) is 0.629. The van der Waals surface area contributed by atoms with Gasteiger partial charge in [0.15, 0.2) is 0 Å². The molecular formula is C29H31N5O3S. The van der Waals surface area contributed by atoms with Crippen molar-refractivity contribution in [1.29, 1.82) is 0 Å². The summed E-state index contributed by atoms with van der Waals surface area (Å²) >= 11 is 1.20. The Balaban J connectivity index is 1.11. The van der Waals surface area contributed by atoms with E-state index in [0.717, 1.165) is 40.8 Å². The highest BCUT2D eigenvalue weighted by atomic mass is 32.2. The molecule has 1 aliphatic rings. The van der Waals surface area contributed by atoms with E-state index < -0.39 is 0 Å². The first-order valence-corrected chi connectivity index (χ1v) is 13.6. The third-order valence-electron chi connectivity index (χ3n) is 6.45. The highest BCUT2D eigenvalue weighted by molar-refractivity contribution is 7.99. The summed E-state index contributed by atoms with van der Waals surface area (Å²) in [5.41, 5.74) is 2.29. The minimum absolute atomic E-state index is 0.150. The number of carbonyl (C=O) groups is 2. The van der Waals surface area contributed by atoms with Gasteiger partial charge in [-0.25, -0.2) is 0 Å². The van der Waals surface area contributed by atoms with Gasteiger partial charge in [0.2, 0.25) is 17.7 Å². The lowest BCUT2D eigenvalue weighted by molar-refractivity contribution is -0.139. The first-order chi connectivity index (χ1) is 18.3. The van der Waals surface area contributed by atoms with Gasteiger partial charge in [0.05, 0.1) is 5.75 Å². The van der Waals surface area contributed by atoms with Crippen molar-refractivity contribution in [2.45, 2.75) is 26.0 Å². The molecule has 1 N–H and O–H groups in total. The second-order valence-corrected chi connectivity index (χ2v) is 11.3. The fourth-order valence-electron chi connectivity index (χ4n) is 4.43. The second-order valence-electron chi connectivity index (χ2n) is 10.3. The summed E-state index contributed by atoms with van der Waals surface area (Å²) in [6.07, 6.45) is 0. The molecule has 9 heteroatoms. The smallest absolute Gasteiger partial charge is 0.277 e. The summed E-state index contributed by atoms with van der Waals surface area (Å²) in [6.45, 7) is 8.87. The van der Waals surface area contributed by atoms with E-state index >= 15 is 0 Å². The van der Waals surface area contributed by atoms with Gasteiger partial charge in [-0.2, -0.15) is 0 Å². The lowest BCUT2D eigenvalue weighted by atomic mass is 9.94. The SMILES string of the molecule is CC(C)(C)C(=O)N1CCN(c2ccc(NC(=O)CSc3nnc(-c4ccc5ccccc5c4)o3)cc2)CC1. The average molecular weight is 530 g/mol. The molecule has 2 heterocycles. The monoisotopic (exact) mass is 529 g/mol. The van der Waals surface area contributed by atoms with Crippen LogP contribution in [0.4, 0.5) is 11.4 Å². The van der Waals surface area contributed by atoms with E-state index in [2.05, 4.69) is 26.5 Å². The van der Waals surface area contributed by atoms with Gasteiger partial charge in [0.1, 0.15) is 0 Å². The number of rotatable bonds is 6. The number of hydrogen-bond acceptors (Lipinski definition) is 7. The van der Waals surface area contributed by atoms with Crippen LogP contribution in [0.25, 0.3) is 22.2 Å². The maximum absolute atomic E-state index is 12.5. The van der Waals surface area contributed by atoms with Crippen LogP contribution < -0.4 is 10.2 Å². The number of amides is 2. The molecular weight excluding hydrogens is 498 g/mol. The van der Waals surface area contributed by atoms with Gasteiger partial charge in [-0.05, 0) is 47.2 Å².